The Morgan fingerprint density at radius 3 is 2.70 bits per heavy atom. The second-order valence-electron chi connectivity index (χ2n) is 4.32. The van der Waals surface area contributed by atoms with Crippen molar-refractivity contribution in [1.29, 1.82) is 0 Å². The molecule has 1 heterocycles. The Labute approximate surface area is 117 Å². The van der Waals surface area contributed by atoms with Crippen molar-refractivity contribution in [2.75, 3.05) is 13.7 Å². The number of aromatic nitrogens is 1. The van der Waals surface area contributed by atoms with E-state index in [9.17, 15) is 4.39 Å². The molecular formula is C15H17FN2O2. The number of pyridine rings is 1. The molecule has 5 heteroatoms. The minimum Gasteiger partial charge on any atom is -0.493 e. The Morgan fingerprint density at radius 2 is 2.00 bits per heavy atom. The molecule has 2 aromatic rings. The Balaban J connectivity index is 2.09. The van der Waals surface area contributed by atoms with E-state index in [0.717, 1.165) is 18.2 Å². The SMILES string of the molecule is COc1cc(CCN)ccc1OCc1cncc(F)c1. The van der Waals surface area contributed by atoms with Crippen molar-refractivity contribution in [2.45, 2.75) is 13.0 Å². The highest BCUT2D eigenvalue weighted by Crippen LogP contribution is 2.28. The number of methoxy groups -OCH3 is 1. The van der Waals surface area contributed by atoms with Gasteiger partial charge in [0.25, 0.3) is 0 Å². The van der Waals surface area contributed by atoms with Gasteiger partial charge in [-0.15, -0.1) is 0 Å². The predicted octanol–water partition coefficient (Wildman–Crippen LogP) is 2.31. The Bertz CT molecular complexity index is 576. The van der Waals surface area contributed by atoms with Crippen molar-refractivity contribution >= 4 is 0 Å². The maximum Gasteiger partial charge on any atom is 0.161 e. The van der Waals surface area contributed by atoms with Crippen LogP contribution >= 0.6 is 0 Å². The van der Waals surface area contributed by atoms with Crippen LogP contribution in [-0.2, 0) is 13.0 Å². The molecule has 0 atom stereocenters. The van der Waals surface area contributed by atoms with Crippen LogP contribution in [0.3, 0.4) is 0 Å². The van der Waals surface area contributed by atoms with Gasteiger partial charge >= 0.3 is 0 Å². The largest absolute Gasteiger partial charge is 0.493 e. The standard InChI is InChI=1S/C15H17FN2O2/c1-19-15-7-11(4-5-17)2-3-14(15)20-10-12-6-13(16)9-18-8-12/h2-3,6-9H,4-5,10,17H2,1H3. The van der Waals surface area contributed by atoms with Crippen molar-refractivity contribution in [3.05, 3.63) is 53.6 Å². The molecule has 106 valence electrons. The van der Waals surface area contributed by atoms with Crippen LogP contribution in [0.1, 0.15) is 11.1 Å². The van der Waals surface area contributed by atoms with E-state index < -0.39 is 0 Å². The topological polar surface area (TPSA) is 57.4 Å². The van der Waals surface area contributed by atoms with Crippen LogP contribution in [0.4, 0.5) is 4.39 Å². The summed E-state index contributed by atoms with van der Waals surface area (Å²) in [7, 11) is 1.58. The Kier molecular flexibility index (Phi) is 4.90. The number of benzene rings is 1. The van der Waals surface area contributed by atoms with E-state index in [-0.39, 0.29) is 12.4 Å². The highest BCUT2D eigenvalue weighted by Gasteiger charge is 2.06. The molecule has 4 nitrogen and oxygen atoms in total. The number of ether oxygens (including phenoxy) is 2. The molecule has 0 aliphatic carbocycles. The molecule has 0 saturated heterocycles. The summed E-state index contributed by atoms with van der Waals surface area (Å²) in [6, 6.07) is 7.05. The van der Waals surface area contributed by atoms with Gasteiger partial charge < -0.3 is 15.2 Å². The molecule has 1 aromatic carbocycles. The third-order valence-electron chi connectivity index (χ3n) is 2.82. The second kappa shape index (κ2) is 6.86. The lowest BCUT2D eigenvalue weighted by Gasteiger charge is -2.12. The Hall–Kier alpha value is -2.14. The van der Waals surface area contributed by atoms with Gasteiger partial charge in [-0.1, -0.05) is 6.07 Å². The third kappa shape index (κ3) is 3.68. The first-order valence-electron chi connectivity index (χ1n) is 6.32. The maximum absolute atomic E-state index is 13.0. The van der Waals surface area contributed by atoms with Gasteiger partial charge in [0, 0.05) is 11.8 Å². The van der Waals surface area contributed by atoms with Crippen LogP contribution in [0.5, 0.6) is 11.5 Å². The summed E-state index contributed by atoms with van der Waals surface area (Å²) in [4.78, 5) is 3.78. The summed E-state index contributed by atoms with van der Waals surface area (Å²) >= 11 is 0. The lowest BCUT2D eigenvalue weighted by Crippen LogP contribution is -2.03. The monoisotopic (exact) mass is 276 g/mol. The quantitative estimate of drug-likeness (QED) is 0.879. The van der Waals surface area contributed by atoms with E-state index in [1.807, 2.05) is 18.2 Å². The van der Waals surface area contributed by atoms with Crippen molar-refractivity contribution < 1.29 is 13.9 Å². The van der Waals surface area contributed by atoms with Crippen molar-refractivity contribution in [1.82, 2.24) is 4.98 Å². The lowest BCUT2D eigenvalue weighted by atomic mass is 10.1. The van der Waals surface area contributed by atoms with E-state index in [4.69, 9.17) is 15.2 Å². The lowest BCUT2D eigenvalue weighted by molar-refractivity contribution is 0.283. The molecule has 2 N–H and O–H groups in total. The molecule has 2 rings (SSSR count). The normalized spacial score (nSPS) is 10.3. The van der Waals surface area contributed by atoms with Gasteiger partial charge in [0.1, 0.15) is 12.4 Å². The highest BCUT2D eigenvalue weighted by atomic mass is 19.1. The van der Waals surface area contributed by atoms with Crippen molar-refractivity contribution in [3.8, 4) is 11.5 Å². The van der Waals surface area contributed by atoms with Gasteiger partial charge in [0.05, 0.1) is 13.3 Å². The zero-order valence-electron chi connectivity index (χ0n) is 11.3. The van der Waals surface area contributed by atoms with Gasteiger partial charge in [0.2, 0.25) is 0 Å². The van der Waals surface area contributed by atoms with Crippen molar-refractivity contribution in [2.24, 2.45) is 5.73 Å². The first-order valence-corrected chi connectivity index (χ1v) is 6.32. The van der Waals surface area contributed by atoms with Gasteiger partial charge in [0.15, 0.2) is 11.5 Å². The van der Waals surface area contributed by atoms with Crippen LogP contribution in [0.15, 0.2) is 36.7 Å². The number of nitrogens with zero attached hydrogens (tertiary/aromatic N) is 1. The maximum atomic E-state index is 13.0. The second-order valence-corrected chi connectivity index (χ2v) is 4.32. The van der Waals surface area contributed by atoms with Crippen LogP contribution in [0, 0.1) is 5.82 Å². The zero-order valence-corrected chi connectivity index (χ0v) is 11.3. The molecule has 0 radical (unpaired) electrons. The molecular weight excluding hydrogens is 259 g/mol. The average Bonchev–Trinajstić information content (AvgIpc) is 2.46. The number of nitrogens with two attached hydrogens (primary N) is 1. The number of hydrogen-bond donors (Lipinski definition) is 1. The molecule has 0 unspecified atom stereocenters. The van der Waals surface area contributed by atoms with Crippen LogP contribution in [0.2, 0.25) is 0 Å². The molecule has 1 aromatic heterocycles. The van der Waals surface area contributed by atoms with Gasteiger partial charge in [-0.25, -0.2) is 4.39 Å². The molecule has 0 aliphatic heterocycles. The Morgan fingerprint density at radius 1 is 1.15 bits per heavy atom. The van der Waals surface area contributed by atoms with Gasteiger partial charge in [-0.05, 0) is 36.7 Å². The summed E-state index contributed by atoms with van der Waals surface area (Å²) in [5.41, 5.74) is 7.28. The number of rotatable bonds is 6. The van der Waals surface area contributed by atoms with E-state index in [1.165, 1.54) is 6.07 Å². The summed E-state index contributed by atoms with van der Waals surface area (Å²) in [5, 5.41) is 0. The average molecular weight is 276 g/mol. The molecule has 0 spiro atoms. The predicted molar refractivity (Wildman–Crippen MR) is 74.3 cm³/mol. The van der Waals surface area contributed by atoms with Crippen LogP contribution in [-0.4, -0.2) is 18.6 Å². The summed E-state index contributed by atoms with van der Waals surface area (Å²) < 4.78 is 23.9. The molecule has 0 bridgehead atoms. The zero-order chi connectivity index (χ0) is 14.4. The van der Waals surface area contributed by atoms with Gasteiger partial charge in [-0.3, -0.25) is 4.98 Å². The molecule has 0 fully saturated rings. The van der Waals surface area contributed by atoms with E-state index >= 15 is 0 Å². The smallest absolute Gasteiger partial charge is 0.161 e. The highest BCUT2D eigenvalue weighted by molar-refractivity contribution is 5.43. The fourth-order valence-corrected chi connectivity index (χ4v) is 1.85. The summed E-state index contributed by atoms with van der Waals surface area (Å²) in [6.07, 6.45) is 3.51. The molecule has 20 heavy (non-hydrogen) atoms. The summed E-state index contributed by atoms with van der Waals surface area (Å²) in [5.74, 6) is 0.870. The van der Waals surface area contributed by atoms with Crippen LogP contribution in [0.25, 0.3) is 0 Å². The third-order valence-corrected chi connectivity index (χ3v) is 2.82. The fraction of sp³-hybridized carbons (Fsp3) is 0.267. The van der Waals surface area contributed by atoms with E-state index in [2.05, 4.69) is 4.98 Å². The van der Waals surface area contributed by atoms with E-state index in [0.29, 0.717) is 23.6 Å². The minimum atomic E-state index is -0.378. The fourth-order valence-electron chi connectivity index (χ4n) is 1.85. The molecule has 0 aliphatic rings. The van der Waals surface area contributed by atoms with E-state index in [1.54, 1.807) is 13.3 Å². The van der Waals surface area contributed by atoms with Crippen molar-refractivity contribution in [3.63, 3.8) is 0 Å². The number of hydrogen-bond acceptors (Lipinski definition) is 4. The van der Waals surface area contributed by atoms with Gasteiger partial charge in [-0.2, -0.15) is 0 Å². The number of halogens is 1. The summed E-state index contributed by atoms with van der Waals surface area (Å²) in [6.45, 7) is 0.815. The first kappa shape index (κ1) is 14.3. The molecule has 0 amide bonds. The minimum absolute atomic E-state index is 0.233. The molecule has 0 saturated carbocycles. The van der Waals surface area contributed by atoms with Crippen LogP contribution < -0.4 is 15.2 Å². The first-order chi connectivity index (χ1) is 9.72.